The predicted molar refractivity (Wildman–Crippen MR) is 105 cm³/mol. The van der Waals surface area contributed by atoms with Gasteiger partial charge in [0.15, 0.2) is 12.2 Å². The van der Waals surface area contributed by atoms with Gasteiger partial charge in [-0.1, -0.05) is 0 Å². The maximum absolute atomic E-state index is 12.6. The minimum absolute atomic E-state index is 0.0122. The monoisotopic (exact) mass is 455 g/mol. The summed E-state index contributed by atoms with van der Waals surface area (Å²) in [4.78, 5) is 62.6. The highest BCUT2D eigenvalue weighted by Crippen LogP contribution is 2.31. The molecule has 0 saturated carbocycles. The maximum atomic E-state index is 12.6. The van der Waals surface area contributed by atoms with Crippen molar-refractivity contribution in [3.8, 4) is 0 Å². The summed E-state index contributed by atoms with van der Waals surface area (Å²) in [5.74, 6) is -2.64. The van der Waals surface area contributed by atoms with Crippen LogP contribution in [-0.4, -0.2) is 69.5 Å². The molecule has 1 saturated heterocycles. The van der Waals surface area contributed by atoms with Gasteiger partial charge in [-0.05, 0) is 6.07 Å². The molecule has 2 rings (SSSR count). The van der Waals surface area contributed by atoms with Gasteiger partial charge in [0, 0.05) is 40.3 Å². The molecule has 32 heavy (non-hydrogen) atoms. The Balaban J connectivity index is 2.51. The fraction of sp³-hybridized carbons (Fsp3) is 0.579. The Morgan fingerprint density at radius 1 is 1.09 bits per heavy atom. The molecule has 176 valence electrons. The first-order valence-electron chi connectivity index (χ1n) is 9.66. The number of aliphatic hydroxyl groups is 1. The van der Waals surface area contributed by atoms with E-state index < -0.39 is 66.8 Å². The number of hydrogen-bond acceptors (Lipinski definition) is 11. The van der Waals surface area contributed by atoms with E-state index in [0.717, 1.165) is 25.3 Å². The van der Waals surface area contributed by atoms with Gasteiger partial charge in [-0.2, -0.15) is 4.98 Å². The molecule has 5 atom stereocenters. The molecule has 1 aliphatic rings. The number of esters is 3. The number of carbonyl (C=O) groups is 4. The van der Waals surface area contributed by atoms with Crippen LogP contribution in [0.1, 0.15) is 40.3 Å². The number of amides is 1. The Hall–Kier alpha value is -3.32. The van der Waals surface area contributed by atoms with Crippen LogP contribution in [0.3, 0.4) is 0 Å². The summed E-state index contributed by atoms with van der Waals surface area (Å²) in [5.41, 5.74) is -0.811. The molecular weight excluding hydrogens is 430 g/mol. The number of aliphatic hydroxyl groups excluding tert-OH is 1. The molecule has 0 spiro atoms. The van der Waals surface area contributed by atoms with E-state index in [1.807, 2.05) is 0 Å². The summed E-state index contributed by atoms with van der Waals surface area (Å²) in [6.07, 6.45) is -5.14. The maximum Gasteiger partial charge on any atom is 0.351 e. The summed E-state index contributed by atoms with van der Waals surface area (Å²) < 4.78 is 22.7. The zero-order chi connectivity index (χ0) is 24.0. The van der Waals surface area contributed by atoms with E-state index >= 15 is 0 Å². The molecule has 0 aromatic carbocycles. The second-order valence-corrected chi connectivity index (χ2v) is 7.03. The van der Waals surface area contributed by atoms with Gasteiger partial charge < -0.3 is 29.4 Å². The van der Waals surface area contributed by atoms with E-state index in [2.05, 4.69) is 10.3 Å². The minimum atomic E-state index is -1.34. The van der Waals surface area contributed by atoms with Crippen LogP contribution in [0.5, 0.6) is 0 Å². The van der Waals surface area contributed by atoms with Crippen LogP contribution in [-0.2, 0) is 38.1 Å². The summed E-state index contributed by atoms with van der Waals surface area (Å²) in [7, 11) is 0. The molecule has 1 aromatic rings. The molecule has 1 aromatic heterocycles. The van der Waals surface area contributed by atoms with Gasteiger partial charge in [-0.3, -0.25) is 23.7 Å². The third-order valence-corrected chi connectivity index (χ3v) is 4.37. The zero-order valence-corrected chi connectivity index (χ0v) is 18.0. The molecule has 2 heterocycles. The fourth-order valence-electron chi connectivity index (χ4n) is 3.30. The average molecular weight is 455 g/mol. The van der Waals surface area contributed by atoms with Crippen LogP contribution >= 0.6 is 0 Å². The van der Waals surface area contributed by atoms with E-state index in [0.29, 0.717) is 0 Å². The quantitative estimate of drug-likeness (QED) is 0.409. The van der Waals surface area contributed by atoms with Crippen molar-refractivity contribution in [2.24, 2.45) is 0 Å². The van der Waals surface area contributed by atoms with Gasteiger partial charge in [0.2, 0.25) is 5.91 Å². The van der Waals surface area contributed by atoms with Crippen molar-refractivity contribution in [2.45, 2.75) is 64.8 Å². The second-order valence-electron chi connectivity index (χ2n) is 7.03. The lowest BCUT2D eigenvalue weighted by Gasteiger charge is -2.31. The standard InChI is InChI=1S/C19H25N3O10/c1-9(24)20-15-5-6-22(19(28)21-15)16-7-13(29-10(2)25)17(30-11(3)26)18(31-12(4)27)14(8-23)32-16/h5-6,13-14,16-18,23H,7-8H2,1-4H3,(H,20,21,24,28)/t13-,14+,16+,17-,18+/m0/s1. The number of aromatic nitrogens is 2. The highest BCUT2D eigenvalue weighted by atomic mass is 16.6. The van der Waals surface area contributed by atoms with Crippen molar-refractivity contribution < 1.29 is 43.2 Å². The van der Waals surface area contributed by atoms with E-state index in [-0.39, 0.29) is 12.2 Å². The molecule has 13 nitrogen and oxygen atoms in total. The number of anilines is 1. The number of ether oxygens (including phenoxy) is 4. The molecule has 0 aliphatic carbocycles. The van der Waals surface area contributed by atoms with Gasteiger partial charge >= 0.3 is 23.6 Å². The second kappa shape index (κ2) is 10.8. The van der Waals surface area contributed by atoms with Gasteiger partial charge in [0.05, 0.1) is 6.61 Å². The van der Waals surface area contributed by atoms with Gasteiger partial charge in [-0.15, -0.1) is 0 Å². The van der Waals surface area contributed by atoms with Crippen molar-refractivity contribution in [1.82, 2.24) is 9.55 Å². The van der Waals surface area contributed by atoms with Gasteiger partial charge in [0.25, 0.3) is 0 Å². The van der Waals surface area contributed by atoms with E-state index in [1.165, 1.54) is 19.2 Å². The molecule has 1 fully saturated rings. The van der Waals surface area contributed by atoms with E-state index in [1.54, 1.807) is 0 Å². The van der Waals surface area contributed by atoms with E-state index in [4.69, 9.17) is 18.9 Å². The Morgan fingerprint density at radius 2 is 1.69 bits per heavy atom. The van der Waals surface area contributed by atoms with Crippen LogP contribution in [0.15, 0.2) is 17.1 Å². The van der Waals surface area contributed by atoms with Crippen molar-refractivity contribution in [2.75, 3.05) is 11.9 Å². The summed E-state index contributed by atoms with van der Waals surface area (Å²) in [5, 5.41) is 12.3. The van der Waals surface area contributed by atoms with Crippen molar-refractivity contribution in [3.05, 3.63) is 22.7 Å². The van der Waals surface area contributed by atoms with Crippen LogP contribution in [0.2, 0.25) is 0 Å². The SMILES string of the molecule is CC(=O)Nc1ccn([C@H]2C[C@H](OC(C)=O)[C@H](OC(C)=O)[C@H](OC(C)=O)[C@@H](CO)O2)c(=O)n1. The largest absolute Gasteiger partial charge is 0.458 e. The minimum Gasteiger partial charge on any atom is -0.458 e. The topological polar surface area (TPSA) is 172 Å². The highest BCUT2D eigenvalue weighted by Gasteiger charge is 2.47. The van der Waals surface area contributed by atoms with Crippen LogP contribution in [0.4, 0.5) is 5.82 Å². The highest BCUT2D eigenvalue weighted by molar-refractivity contribution is 5.87. The first-order chi connectivity index (χ1) is 15.0. The Kier molecular flexibility index (Phi) is 8.43. The van der Waals surface area contributed by atoms with Crippen LogP contribution < -0.4 is 11.0 Å². The zero-order valence-electron chi connectivity index (χ0n) is 18.0. The first-order valence-corrected chi connectivity index (χ1v) is 9.66. The molecule has 0 bridgehead atoms. The van der Waals surface area contributed by atoms with Gasteiger partial charge in [0.1, 0.15) is 24.3 Å². The number of hydrogen-bond donors (Lipinski definition) is 2. The third-order valence-electron chi connectivity index (χ3n) is 4.37. The lowest BCUT2D eigenvalue weighted by Crippen LogP contribution is -2.50. The number of nitrogens with one attached hydrogen (secondary N) is 1. The third kappa shape index (κ3) is 6.59. The number of nitrogens with zero attached hydrogens (tertiary/aromatic N) is 2. The first kappa shape index (κ1) is 24.9. The van der Waals surface area contributed by atoms with Gasteiger partial charge in [-0.25, -0.2) is 4.79 Å². The lowest BCUT2D eigenvalue weighted by atomic mass is 10.0. The normalized spacial score (nSPS) is 25.2. The van der Waals surface area contributed by atoms with Crippen molar-refractivity contribution in [1.29, 1.82) is 0 Å². The number of rotatable bonds is 6. The Labute approximate surface area is 182 Å². The lowest BCUT2D eigenvalue weighted by molar-refractivity contribution is -0.192. The summed E-state index contributed by atoms with van der Waals surface area (Å²) in [6, 6.07) is 1.35. The Bertz CT molecular complexity index is 930. The molecule has 0 radical (unpaired) electrons. The molecule has 2 N–H and O–H groups in total. The number of carbonyl (C=O) groups excluding carboxylic acids is 4. The molecule has 0 unspecified atom stereocenters. The smallest absolute Gasteiger partial charge is 0.351 e. The van der Waals surface area contributed by atoms with Crippen LogP contribution in [0, 0.1) is 0 Å². The Morgan fingerprint density at radius 3 is 2.19 bits per heavy atom. The average Bonchev–Trinajstić information content (AvgIpc) is 2.78. The predicted octanol–water partition coefficient (Wildman–Crippen LogP) is -0.723. The van der Waals surface area contributed by atoms with Crippen LogP contribution in [0.25, 0.3) is 0 Å². The summed E-state index contributed by atoms with van der Waals surface area (Å²) >= 11 is 0. The molecule has 13 heteroatoms. The fourth-order valence-corrected chi connectivity index (χ4v) is 3.30. The molecular formula is C19H25N3O10. The van der Waals surface area contributed by atoms with Crippen molar-refractivity contribution >= 4 is 29.6 Å². The van der Waals surface area contributed by atoms with E-state index in [9.17, 15) is 29.1 Å². The molecule has 1 aliphatic heterocycles. The summed E-state index contributed by atoms with van der Waals surface area (Å²) in [6.45, 7) is 3.93. The van der Waals surface area contributed by atoms with Crippen molar-refractivity contribution in [3.63, 3.8) is 0 Å². The molecule has 1 amide bonds.